The largest absolute Gasteiger partial charge is 0.374 e. The van der Waals surface area contributed by atoms with Gasteiger partial charge in [0, 0.05) is 34.7 Å². The van der Waals surface area contributed by atoms with E-state index in [0.717, 1.165) is 36.9 Å². The number of rotatable bonds is 11. The fourth-order valence-electron chi connectivity index (χ4n) is 3.34. The summed E-state index contributed by atoms with van der Waals surface area (Å²) < 4.78 is 26.1. The zero-order valence-electron chi connectivity index (χ0n) is 18.1. The van der Waals surface area contributed by atoms with Crippen molar-refractivity contribution in [2.24, 2.45) is 11.0 Å². The van der Waals surface area contributed by atoms with Crippen LogP contribution in [0.15, 0.2) is 51.8 Å². The summed E-state index contributed by atoms with van der Waals surface area (Å²) in [5, 5.41) is 5.33. The first-order valence-corrected chi connectivity index (χ1v) is 12.6. The Hall–Kier alpha value is -1.89. The third-order valence-corrected chi connectivity index (χ3v) is 7.27. The van der Waals surface area contributed by atoms with Crippen LogP contribution in [0.25, 0.3) is 6.08 Å². The van der Waals surface area contributed by atoms with Gasteiger partial charge in [-0.1, -0.05) is 62.4 Å². The Morgan fingerprint density at radius 1 is 1.16 bits per heavy atom. The number of halogens is 2. The van der Waals surface area contributed by atoms with Crippen LogP contribution in [-0.2, 0) is 9.84 Å². The minimum absolute atomic E-state index is 0.00482. The van der Waals surface area contributed by atoms with Crippen molar-refractivity contribution < 1.29 is 8.42 Å². The zero-order chi connectivity index (χ0) is 23.0. The van der Waals surface area contributed by atoms with Crippen LogP contribution in [0, 0.1) is 11.4 Å². The number of nitrogens with one attached hydrogen (secondary N) is 1. The molecule has 31 heavy (non-hydrogen) atoms. The maximum absolute atomic E-state index is 13.0. The van der Waals surface area contributed by atoms with Crippen molar-refractivity contribution in [1.82, 2.24) is 0 Å². The van der Waals surface area contributed by atoms with Gasteiger partial charge in [0.15, 0.2) is 0 Å². The van der Waals surface area contributed by atoms with E-state index in [1.807, 2.05) is 7.05 Å². The molecule has 8 heteroatoms. The molecule has 2 rings (SSSR count). The van der Waals surface area contributed by atoms with E-state index in [-0.39, 0.29) is 10.6 Å². The van der Waals surface area contributed by atoms with Crippen molar-refractivity contribution in [1.29, 1.82) is 5.53 Å². The highest BCUT2D eigenvalue weighted by Gasteiger charge is 2.19. The predicted molar refractivity (Wildman–Crippen MR) is 131 cm³/mol. The quantitative estimate of drug-likeness (QED) is 0.333. The number of unbranched alkanes of at least 4 members (excludes halogenated alkanes) is 1. The number of sulfone groups is 1. The Morgan fingerprint density at radius 2 is 1.90 bits per heavy atom. The third kappa shape index (κ3) is 7.06. The molecule has 0 spiro atoms. The minimum atomic E-state index is -3.84. The summed E-state index contributed by atoms with van der Waals surface area (Å²) >= 11 is 12.0. The number of nitrogens with zero attached hydrogens (tertiary/aromatic N) is 2. The van der Waals surface area contributed by atoms with Gasteiger partial charge >= 0.3 is 0 Å². The van der Waals surface area contributed by atoms with Crippen molar-refractivity contribution in [2.45, 2.75) is 44.4 Å². The van der Waals surface area contributed by atoms with Gasteiger partial charge in [-0.25, -0.2) is 13.9 Å². The summed E-state index contributed by atoms with van der Waals surface area (Å²) in [6.45, 7) is 5.20. The minimum Gasteiger partial charge on any atom is -0.374 e. The second-order valence-corrected chi connectivity index (χ2v) is 10.2. The van der Waals surface area contributed by atoms with Crippen LogP contribution in [0.3, 0.4) is 0 Å². The lowest BCUT2D eigenvalue weighted by molar-refractivity contribution is 0.453. The monoisotopic (exact) mass is 481 g/mol. The Balaban J connectivity index is 2.33. The van der Waals surface area contributed by atoms with Crippen molar-refractivity contribution in [3.05, 3.63) is 57.4 Å². The molecule has 0 bridgehead atoms. The molecule has 1 unspecified atom stereocenters. The van der Waals surface area contributed by atoms with Crippen LogP contribution in [0.1, 0.15) is 45.1 Å². The molecule has 168 valence electrons. The van der Waals surface area contributed by atoms with Gasteiger partial charge < -0.3 is 4.90 Å². The van der Waals surface area contributed by atoms with E-state index < -0.39 is 9.84 Å². The second kappa shape index (κ2) is 11.7. The summed E-state index contributed by atoms with van der Waals surface area (Å²) in [5.74, 6) is 0.539. The molecule has 2 aromatic rings. The smallest absolute Gasteiger partial charge is 0.202 e. The standard InChI is InChI=1S/C23H29Cl2N3O2S/c1-4-6-7-17(5-2)16-28(3)20-10-11-22(27-26)23(15-20)31(29,30)13-12-18-8-9-19(24)14-21(18)25/h8-15,17,26H,4-7,16H2,1-3H3. The molecule has 1 N–H and O–H groups in total. The highest BCUT2D eigenvalue weighted by molar-refractivity contribution is 7.94. The van der Waals surface area contributed by atoms with E-state index in [4.69, 9.17) is 28.7 Å². The van der Waals surface area contributed by atoms with E-state index in [0.29, 0.717) is 21.5 Å². The fourth-order valence-corrected chi connectivity index (χ4v) is 4.98. The van der Waals surface area contributed by atoms with Gasteiger partial charge in [-0.3, -0.25) is 0 Å². The molecule has 0 radical (unpaired) electrons. The predicted octanol–water partition coefficient (Wildman–Crippen LogP) is 7.75. The lowest BCUT2D eigenvalue weighted by Gasteiger charge is -2.25. The van der Waals surface area contributed by atoms with Crippen LogP contribution < -0.4 is 4.90 Å². The molecule has 0 aliphatic heterocycles. The molecule has 0 saturated carbocycles. The molecule has 0 amide bonds. The molecular formula is C23H29Cl2N3O2S. The average molecular weight is 482 g/mol. The van der Waals surface area contributed by atoms with Crippen LogP contribution in [-0.4, -0.2) is 22.0 Å². The molecule has 0 heterocycles. The molecule has 5 nitrogen and oxygen atoms in total. The van der Waals surface area contributed by atoms with E-state index in [9.17, 15) is 8.42 Å². The zero-order valence-corrected chi connectivity index (χ0v) is 20.4. The molecule has 0 fully saturated rings. The van der Waals surface area contributed by atoms with E-state index in [1.165, 1.54) is 12.5 Å². The maximum Gasteiger partial charge on any atom is 0.202 e. The molecule has 0 aliphatic carbocycles. The highest BCUT2D eigenvalue weighted by Crippen LogP contribution is 2.32. The second-order valence-electron chi connectivity index (χ2n) is 7.57. The van der Waals surface area contributed by atoms with Crippen LogP contribution >= 0.6 is 23.2 Å². The molecule has 0 aliphatic rings. The molecular weight excluding hydrogens is 453 g/mol. The average Bonchev–Trinajstić information content (AvgIpc) is 2.75. The van der Waals surface area contributed by atoms with Gasteiger partial charge in [0.05, 0.1) is 0 Å². The van der Waals surface area contributed by atoms with Gasteiger partial charge in [0.1, 0.15) is 10.6 Å². The van der Waals surface area contributed by atoms with Crippen molar-refractivity contribution in [3.63, 3.8) is 0 Å². The summed E-state index contributed by atoms with van der Waals surface area (Å²) in [6.07, 6.45) is 5.98. The van der Waals surface area contributed by atoms with Crippen molar-refractivity contribution in [2.75, 3.05) is 18.5 Å². The lowest BCUT2D eigenvalue weighted by Crippen LogP contribution is -2.25. The van der Waals surface area contributed by atoms with Gasteiger partial charge in [0.25, 0.3) is 0 Å². The third-order valence-electron chi connectivity index (χ3n) is 5.28. The van der Waals surface area contributed by atoms with Crippen LogP contribution in [0.5, 0.6) is 0 Å². The number of hydrogen-bond donors (Lipinski definition) is 1. The summed E-state index contributed by atoms with van der Waals surface area (Å²) in [5.41, 5.74) is 8.81. The topological polar surface area (TPSA) is 73.6 Å². The van der Waals surface area contributed by atoms with E-state index >= 15 is 0 Å². The first-order chi connectivity index (χ1) is 14.7. The SMILES string of the molecule is CCCCC(CC)CN(C)c1ccc(N=N)c(S(=O)(=O)C=Cc2ccc(Cl)cc2Cl)c1. The van der Waals surface area contributed by atoms with E-state index in [1.54, 1.807) is 36.4 Å². The van der Waals surface area contributed by atoms with Gasteiger partial charge in [-0.05, 0) is 54.3 Å². The Kier molecular flexibility index (Phi) is 9.54. The molecule has 2 aromatic carbocycles. The number of anilines is 1. The van der Waals surface area contributed by atoms with Gasteiger partial charge in [0.2, 0.25) is 9.84 Å². The Labute approximate surface area is 195 Å². The number of benzene rings is 2. The first kappa shape index (κ1) is 25.4. The first-order valence-electron chi connectivity index (χ1n) is 10.3. The highest BCUT2D eigenvalue weighted by atomic mass is 35.5. The van der Waals surface area contributed by atoms with Gasteiger partial charge in [-0.2, -0.15) is 5.11 Å². The number of hydrogen-bond acceptors (Lipinski definition) is 5. The maximum atomic E-state index is 13.0. The summed E-state index contributed by atoms with van der Waals surface area (Å²) in [6, 6.07) is 9.81. The summed E-state index contributed by atoms with van der Waals surface area (Å²) in [4.78, 5) is 2.06. The summed E-state index contributed by atoms with van der Waals surface area (Å²) in [7, 11) is -1.89. The normalized spacial score (nSPS) is 12.8. The molecule has 0 saturated heterocycles. The Bertz CT molecular complexity index is 1040. The van der Waals surface area contributed by atoms with E-state index in [2.05, 4.69) is 23.9 Å². The Morgan fingerprint density at radius 3 is 2.52 bits per heavy atom. The lowest BCUT2D eigenvalue weighted by atomic mass is 9.98. The van der Waals surface area contributed by atoms with Crippen LogP contribution in [0.2, 0.25) is 10.0 Å². The fraction of sp³-hybridized carbons (Fsp3) is 0.391. The van der Waals surface area contributed by atoms with Crippen molar-refractivity contribution >= 4 is 50.5 Å². The van der Waals surface area contributed by atoms with Crippen LogP contribution in [0.4, 0.5) is 11.4 Å². The molecule has 1 atom stereocenters. The van der Waals surface area contributed by atoms with Gasteiger partial charge in [-0.15, -0.1) is 0 Å². The van der Waals surface area contributed by atoms with Crippen molar-refractivity contribution in [3.8, 4) is 0 Å². The molecule has 0 aromatic heterocycles.